The summed E-state index contributed by atoms with van der Waals surface area (Å²) in [5.41, 5.74) is 2.29. The molecule has 32 heavy (non-hydrogen) atoms. The van der Waals surface area contributed by atoms with E-state index in [1.165, 1.54) is 0 Å². The van der Waals surface area contributed by atoms with Crippen LogP contribution in [0.5, 0.6) is 0 Å². The minimum absolute atomic E-state index is 0.158. The Kier molecular flexibility index (Phi) is 7.11. The molecule has 0 aliphatic carbocycles. The van der Waals surface area contributed by atoms with Gasteiger partial charge in [-0.15, -0.1) is 0 Å². The molecule has 172 valence electrons. The molecule has 0 radical (unpaired) electrons. The highest BCUT2D eigenvalue weighted by Gasteiger charge is 2.20. The summed E-state index contributed by atoms with van der Waals surface area (Å²) < 4.78 is 7.40. The highest BCUT2D eigenvalue weighted by molar-refractivity contribution is 5.81. The summed E-state index contributed by atoms with van der Waals surface area (Å²) in [6.07, 6.45) is 4.58. The molecular formula is C24H32N4O4. The number of hydrogen-bond acceptors (Lipinski definition) is 6. The first-order chi connectivity index (χ1) is 15.1. The Morgan fingerprint density at radius 2 is 1.75 bits per heavy atom. The van der Waals surface area contributed by atoms with Gasteiger partial charge in [-0.25, -0.2) is 9.78 Å². The maximum absolute atomic E-state index is 12.3. The fraction of sp³-hybridized carbons (Fsp3) is 0.542. The van der Waals surface area contributed by atoms with Crippen molar-refractivity contribution in [3.63, 3.8) is 0 Å². The zero-order valence-corrected chi connectivity index (χ0v) is 19.6. The van der Waals surface area contributed by atoms with Crippen LogP contribution in [0.4, 0.5) is 0 Å². The second-order valence-electron chi connectivity index (χ2n) is 8.98. The number of aromatic amines is 1. The number of fused-ring (bicyclic) bond motifs is 2. The van der Waals surface area contributed by atoms with E-state index in [-0.39, 0.29) is 11.7 Å². The third-order valence-corrected chi connectivity index (χ3v) is 5.98. The van der Waals surface area contributed by atoms with Gasteiger partial charge in [-0.1, -0.05) is 19.8 Å². The van der Waals surface area contributed by atoms with Gasteiger partial charge in [0.25, 0.3) is 5.56 Å². The molecule has 3 rings (SSSR count). The van der Waals surface area contributed by atoms with E-state index in [9.17, 15) is 14.4 Å². The van der Waals surface area contributed by atoms with Gasteiger partial charge in [-0.05, 0) is 70.2 Å². The van der Waals surface area contributed by atoms with Crippen molar-refractivity contribution < 1.29 is 9.53 Å². The molecule has 1 aromatic rings. The van der Waals surface area contributed by atoms with Crippen LogP contribution in [0.2, 0.25) is 0 Å². The SMILES string of the molecule is CCC(C)(C)OC(=O)CCCCCCn1c2nc(=O)[nH]c(=O)c-2nc2cc(C)c(C)cc21. The van der Waals surface area contributed by atoms with E-state index in [0.717, 1.165) is 48.7 Å². The zero-order chi connectivity index (χ0) is 23.5. The summed E-state index contributed by atoms with van der Waals surface area (Å²) in [5.74, 6) is 0.148. The van der Waals surface area contributed by atoms with Gasteiger partial charge in [-0.2, -0.15) is 4.98 Å². The monoisotopic (exact) mass is 440 g/mol. The number of esters is 1. The third kappa shape index (κ3) is 5.41. The molecule has 0 saturated heterocycles. The Morgan fingerprint density at radius 3 is 2.47 bits per heavy atom. The van der Waals surface area contributed by atoms with Crippen molar-refractivity contribution in [2.45, 2.75) is 85.3 Å². The molecule has 1 aromatic carbocycles. The molecule has 0 unspecified atom stereocenters. The number of ether oxygens (including phenoxy) is 1. The number of rotatable bonds is 9. The second kappa shape index (κ2) is 9.63. The van der Waals surface area contributed by atoms with Gasteiger partial charge in [0.15, 0.2) is 11.5 Å². The van der Waals surface area contributed by atoms with Crippen LogP contribution in [0, 0.1) is 13.8 Å². The van der Waals surface area contributed by atoms with Crippen molar-refractivity contribution in [1.82, 2.24) is 19.5 Å². The number of benzene rings is 1. The largest absolute Gasteiger partial charge is 0.460 e. The summed E-state index contributed by atoms with van der Waals surface area (Å²) >= 11 is 0. The van der Waals surface area contributed by atoms with Gasteiger partial charge in [0.2, 0.25) is 0 Å². The molecule has 0 amide bonds. The maximum atomic E-state index is 12.3. The van der Waals surface area contributed by atoms with E-state index >= 15 is 0 Å². The van der Waals surface area contributed by atoms with Crippen molar-refractivity contribution in [2.75, 3.05) is 0 Å². The Balaban J connectivity index is 1.72. The molecule has 0 fully saturated rings. The van der Waals surface area contributed by atoms with Crippen LogP contribution in [0.3, 0.4) is 0 Å². The lowest BCUT2D eigenvalue weighted by molar-refractivity contribution is -0.156. The molecular weight excluding hydrogens is 408 g/mol. The zero-order valence-electron chi connectivity index (χ0n) is 19.6. The predicted octanol–water partition coefficient (Wildman–Crippen LogP) is 3.88. The van der Waals surface area contributed by atoms with Gasteiger partial charge in [-0.3, -0.25) is 14.6 Å². The Morgan fingerprint density at radius 1 is 1.06 bits per heavy atom. The normalized spacial score (nSPS) is 11.9. The van der Waals surface area contributed by atoms with E-state index in [1.807, 2.05) is 51.3 Å². The Labute approximate surface area is 187 Å². The molecule has 0 atom stereocenters. The molecule has 0 saturated carbocycles. The van der Waals surface area contributed by atoms with E-state index < -0.39 is 16.9 Å². The van der Waals surface area contributed by atoms with Crippen LogP contribution >= 0.6 is 0 Å². The number of nitrogens with one attached hydrogen (secondary N) is 1. The minimum atomic E-state index is -0.672. The van der Waals surface area contributed by atoms with Crippen molar-refractivity contribution in [3.8, 4) is 11.5 Å². The number of unbranched alkanes of at least 4 members (excludes halogenated alkanes) is 3. The highest BCUT2D eigenvalue weighted by Crippen LogP contribution is 2.24. The van der Waals surface area contributed by atoms with Crippen molar-refractivity contribution in [1.29, 1.82) is 0 Å². The molecule has 8 heteroatoms. The van der Waals surface area contributed by atoms with Crippen LogP contribution in [-0.2, 0) is 16.1 Å². The van der Waals surface area contributed by atoms with E-state index in [4.69, 9.17) is 4.74 Å². The van der Waals surface area contributed by atoms with Gasteiger partial charge in [0, 0.05) is 13.0 Å². The molecule has 1 N–H and O–H groups in total. The van der Waals surface area contributed by atoms with Crippen LogP contribution in [0.25, 0.3) is 22.6 Å². The minimum Gasteiger partial charge on any atom is -0.460 e. The van der Waals surface area contributed by atoms with E-state index in [1.54, 1.807) is 0 Å². The number of H-pyrrole nitrogens is 1. The molecule has 0 bridgehead atoms. The van der Waals surface area contributed by atoms with E-state index in [0.29, 0.717) is 24.3 Å². The predicted molar refractivity (Wildman–Crippen MR) is 124 cm³/mol. The molecule has 2 aliphatic rings. The summed E-state index contributed by atoms with van der Waals surface area (Å²) in [6, 6.07) is 3.98. The fourth-order valence-corrected chi connectivity index (χ4v) is 3.60. The molecule has 0 aromatic heterocycles. The smallest absolute Gasteiger partial charge is 0.349 e. The van der Waals surface area contributed by atoms with Gasteiger partial charge >= 0.3 is 11.7 Å². The molecule has 0 spiro atoms. The maximum Gasteiger partial charge on any atom is 0.349 e. The lowest BCUT2D eigenvalue weighted by atomic mass is 10.1. The first-order valence-corrected chi connectivity index (χ1v) is 11.2. The molecule has 2 aliphatic heterocycles. The third-order valence-electron chi connectivity index (χ3n) is 5.98. The number of aromatic nitrogens is 4. The van der Waals surface area contributed by atoms with Crippen molar-refractivity contribution in [3.05, 3.63) is 44.1 Å². The number of carbonyl (C=O) groups excluding carboxylic acids is 1. The van der Waals surface area contributed by atoms with Crippen molar-refractivity contribution >= 4 is 17.0 Å². The summed E-state index contributed by atoms with van der Waals surface area (Å²) in [7, 11) is 0. The van der Waals surface area contributed by atoms with Crippen LogP contribution < -0.4 is 11.2 Å². The lowest BCUT2D eigenvalue weighted by Crippen LogP contribution is -2.29. The van der Waals surface area contributed by atoms with Crippen LogP contribution in [0.1, 0.15) is 70.4 Å². The van der Waals surface area contributed by atoms with Crippen LogP contribution in [-0.4, -0.2) is 31.1 Å². The van der Waals surface area contributed by atoms with Gasteiger partial charge < -0.3 is 9.30 Å². The first-order valence-electron chi connectivity index (χ1n) is 11.2. The summed E-state index contributed by atoms with van der Waals surface area (Å²) in [4.78, 5) is 46.9. The summed E-state index contributed by atoms with van der Waals surface area (Å²) in [5, 5.41) is 0. The molecule has 8 nitrogen and oxygen atoms in total. The highest BCUT2D eigenvalue weighted by atomic mass is 16.6. The average Bonchev–Trinajstić information content (AvgIpc) is 2.71. The average molecular weight is 441 g/mol. The topological polar surface area (TPSA) is 107 Å². The van der Waals surface area contributed by atoms with E-state index in [2.05, 4.69) is 15.0 Å². The molecule has 2 heterocycles. The van der Waals surface area contributed by atoms with Crippen molar-refractivity contribution in [2.24, 2.45) is 0 Å². The Hall–Kier alpha value is -3.03. The first kappa shape index (κ1) is 23.6. The second-order valence-corrected chi connectivity index (χ2v) is 8.98. The standard InChI is InChI=1S/C24H32N4O4/c1-6-24(4,5)32-19(29)11-9-7-8-10-12-28-18-14-16(3)15(2)13-17(18)25-20-21(28)26-23(31)27-22(20)30/h13-14H,6-12H2,1-5H3,(H,27,30,31). The Bertz CT molecular complexity index is 1210. The number of carbonyl (C=O) groups is 1. The van der Waals surface area contributed by atoms with Crippen LogP contribution in [0.15, 0.2) is 21.7 Å². The number of aryl methyl sites for hydroxylation is 3. The summed E-state index contributed by atoms with van der Waals surface area (Å²) in [6.45, 7) is 10.5. The lowest BCUT2D eigenvalue weighted by Gasteiger charge is -2.23. The number of nitrogens with zero attached hydrogens (tertiary/aromatic N) is 3. The quantitative estimate of drug-likeness (QED) is 0.307. The van der Waals surface area contributed by atoms with Gasteiger partial charge in [0.1, 0.15) is 5.60 Å². The fourth-order valence-electron chi connectivity index (χ4n) is 3.60. The number of hydrogen-bond donors (Lipinski definition) is 1. The van der Waals surface area contributed by atoms with Gasteiger partial charge in [0.05, 0.1) is 11.0 Å².